The van der Waals surface area contributed by atoms with Crippen molar-refractivity contribution in [1.29, 1.82) is 0 Å². The van der Waals surface area contributed by atoms with Crippen LogP contribution in [0.2, 0.25) is 0 Å². The zero-order valence-electron chi connectivity index (χ0n) is 37.3. The van der Waals surface area contributed by atoms with E-state index in [2.05, 4.69) is 37.6 Å². The number of morpholine rings is 2. The van der Waals surface area contributed by atoms with E-state index >= 15 is 0 Å². The maximum absolute atomic E-state index is 12.2. The van der Waals surface area contributed by atoms with Crippen molar-refractivity contribution < 1.29 is 63.2 Å². The number of pyridine rings is 2. The van der Waals surface area contributed by atoms with Crippen LogP contribution in [0.5, 0.6) is 11.5 Å². The second kappa shape index (κ2) is 31.2. The number of amides is 2. The third kappa shape index (κ3) is 19.4. The van der Waals surface area contributed by atoms with Gasteiger partial charge in [-0.2, -0.15) is 0 Å². The summed E-state index contributed by atoms with van der Waals surface area (Å²) in [5.41, 5.74) is 8.06. The maximum Gasteiger partial charge on any atom is 0.230 e. The van der Waals surface area contributed by atoms with Crippen molar-refractivity contribution in [3.63, 3.8) is 0 Å². The first-order valence-electron chi connectivity index (χ1n) is 22.3. The number of benzene rings is 4. The van der Waals surface area contributed by atoms with E-state index in [1.807, 2.05) is 134 Å². The zero-order valence-corrected chi connectivity index (χ0v) is 38.8. The average molecular weight is 968 g/mol. The Hall–Kier alpha value is -5.86. The Morgan fingerprint density at radius 2 is 1.12 bits per heavy atom. The molecule has 2 aliphatic heterocycles. The minimum Gasteiger partial charge on any atom is -1.00 e. The summed E-state index contributed by atoms with van der Waals surface area (Å²) < 4.78 is 22.5. The summed E-state index contributed by atoms with van der Waals surface area (Å²) in [4.78, 5) is 36.0. The van der Waals surface area contributed by atoms with Crippen LogP contribution >= 0.6 is 0 Å². The van der Waals surface area contributed by atoms with Gasteiger partial charge in [-0.25, -0.2) is 4.98 Å². The monoisotopic (exact) mass is 966 g/mol. The lowest BCUT2D eigenvalue weighted by atomic mass is 10.1. The van der Waals surface area contributed by atoms with Gasteiger partial charge in [0.1, 0.15) is 50.8 Å². The number of nitrogens with zero attached hydrogens (tertiary/aromatic N) is 2. The molecule has 2 saturated heterocycles. The van der Waals surface area contributed by atoms with E-state index in [1.165, 1.54) is 4.90 Å². The number of H-pyrrole nitrogens is 1. The van der Waals surface area contributed by atoms with E-state index in [0.717, 1.165) is 122 Å². The Kier molecular flexibility index (Phi) is 25.9. The van der Waals surface area contributed by atoms with Gasteiger partial charge in [-0.3, -0.25) is 19.5 Å². The number of carbonyl (C=O) groups excluding carboxylic acids is 2. The number of ether oxygens (including phenoxy) is 4. The summed E-state index contributed by atoms with van der Waals surface area (Å²) in [6.45, 7) is 11.7. The number of nitrogens with one attached hydrogen (secondary N) is 4. The van der Waals surface area contributed by atoms with Crippen molar-refractivity contribution in [2.45, 2.75) is 40.8 Å². The van der Waals surface area contributed by atoms with E-state index in [-0.39, 0.29) is 57.9 Å². The van der Waals surface area contributed by atoms with Crippen LogP contribution < -0.4 is 54.8 Å². The molecule has 4 N–H and O–H groups in total. The standard InChI is InChI=1S/2C26H29N3O3.2CH4.2ClH/c2*30-26(28-19-21-4-2-1-3-5-21)18-24-9-6-23(20-27-24)22-7-10-25(11-8-22)32-17-14-29-12-15-31-16-13-29;;;;/h2*1-11,20H,12-19H2,(H,28,30);2*1H4;2*1H. The van der Waals surface area contributed by atoms with Gasteiger partial charge >= 0.3 is 0 Å². The van der Waals surface area contributed by atoms with E-state index in [0.29, 0.717) is 32.7 Å². The predicted molar refractivity (Wildman–Crippen MR) is 260 cm³/mol. The normalized spacial score (nSPS) is 13.3. The number of aromatic nitrogens is 2. The molecule has 12 nitrogen and oxygen atoms in total. The van der Waals surface area contributed by atoms with Crippen LogP contribution in [0.25, 0.3) is 22.3 Å². The highest BCUT2D eigenvalue weighted by Crippen LogP contribution is 2.23. The van der Waals surface area contributed by atoms with Crippen LogP contribution in [0.1, 0.15) is 37.4 Å². The first-order valence-corrected chi connectivity index (χ1v) is 22.3. The second-order valence-electron chi connectivity index (χ2n) is 15.8. The van der Waals surface area contributed by atoms with Crippen LogP contribution in [0.3, 0.4) is 0 Å². The minimum absolute atomic E-state index is 0. The lowest BCUT2D eigenvalue weighted by Gasteiger charge is -2.26. The Labute approximate surface area is 415 Å². The molecule has 68 heavy (non-hydrogen) atoms. The van der Waals surface area contributed by atoms with E-state index in [1.54, 1.807) is 0 Å². The van der Waals surface area contributed by atoms with Crippen molar-refractivity contribution in [3.8, 4) is 33.8 Å². The van der Waals surface area contributed by atoms with Gasteiger partial charge in [0.2, 0.25) is 11.8 Å². The number of hydrogen-bond donors (Lipinski definition) is 3. The largest absolute Gasteiger partial charge is 1.00 e. The number of rotatable bonds is 18. The lowest BCUT2D eigenvalue weighted by molar-refractivity contribution is -0.908. The number of hydrogen-bond acceptors (Lipinski definition) is 8. The SMILES string of the molecule is C.C.O=C(Cc1ccc(-c2ccc(OCCN3CCOCC3)cc2)cn1)NCc1ccccc1.O=C(Cc1ccc(-c2ccc(OCC[NH+]3CCOCC3)cc2)c[nH+]1)NCc1ccccc1.[Cl-].[Cl-]. The van der Waals surface area contributed by atoms with Gasteiger partial charge in [-0.15, -0.1) is 0 Å². The fourth-order valence-electron chi connectivity index (χ4n) is 7.33. The van der Waals surface area contributed by atoms with E-state index < -0.39 is 0 Å². The van der Waals surface area contributed by atoms with Crippen molar-refractivity contribution in [2.75, 3.05) is 78.9 Å². The average Bonchev–Trinajstić information content (AvgIpc) is 3.35. The number of carbonyl (C=O) groups is 2. The van der Waals surface area contributed by atoms with Crippen molar-refractivity contribution in [1.82, 2.24) is 20.5 Å². The van der Waals surface area contributed by atoms with Crippen LogP contribution in [0, 0.1) is 0 Å². The maximum atomic E-state index is 12.2. The van der Waals surface area contributed by atoms with E-state index in [4.69, 9.17) is 18.9 Å². The first-order chi connectivity index (χ1) is 31.5. The first kappa shape index (κ1) is 56.5. The summed E-state index contributed by atoms with van der Waals surface area (Å²) in [7, 11) is 0. The zero-order chi connectivity index (χ0) is 44.0. The molecule has 0 aliphatic carbocycles. The summed E-state index contributed by atoms with van der Waals surface area (Å²) in [5, 5.41) is 5.89. The molecule has 364 valence electrons. The van der Waals surface area contributed by atoms with Crippen molar-refractivity contribution in [3.05, 3.63) is 168 Å². The van der Waals surface area contributed by atoms with Gasteiger partial charge < -0.3 is 59.3 Å². The second-order valence-corrected chi connectivity index (χ2v) is 15.8. The summed E-state index contributed by atoms with van der Waals surface area (Å²) in [5.74, 6) is 1.71. The molecule has 0 unspecified atom stereocenters. The van der Waals surface area contributed by atoms with Gasteiger partial charge in [0.15, 0.2) is 11.9 Å². The molecule has 0 bridgehead atoms. The topological polar surface area (TPSA) is 130 Å². The van der Waals surface area contributed by atoms with Crippen LogP contribution in [-0.2, 0) is 45.0 Å². The summed E-state index contributed by atoms with van der Waals surface area (Å²) in [6.07, 6.45) is 4.35. The lowest BCUT2D eigenvalue weighted by Crippen LogP contribution is -3.14. The highest BCUT2D eigenvalue weighted by Gasteiger charge is 2.15. The Balaban J connectivity index is 0.000000340. The molecule has 4 aromatic carbocycles. The highest BCUT2D eigenvalue weighted by atomic mass is 35.5. The quantitative estimate of drug-likeness (QED) is 0.109. The molecule has 0 atom stereocenters. The molecule has 6 aromatic rings. The third-order valence-electron chi connectivity index (χ3n) is 11.1. The van der Waals surface area contributed by atoms with Crippen molar-refractivity contribution in [2.24, 2.45) is 0 Å². The molecule has 2 aliphatic rings. The van der Waals surface area contributed by atoms with Gasteiger partial charge in [0.05, 0.1) is 32.8 Å². The fourth-order valence-corrected chi connectivity index (χ4v) is 7.33. The predicted octanol–water partition coefficient (Wildman–Crippen LogP) is -0.0808. The van der Waals surface area contributed by atoms with Crippen LogP contribution in [-0.4, -0.2) is 101 Å². The molecule has 2 aromatic heterocycles. The van der Waals surface area contributed by atoms with Gasteiger partial charge in [0, 0.05) is 61.8 Å². The van der Waals surface area contributed by atoms with Crippen LogP contribution in [0.15, 0.2) is 146 Å². The Bertz CT molecular complexity index is 2120. The van der Waals surface area contributed by atoms with Gasteiger partial charge in [-0.05, 0) is 58.7 Å². The number of quaternary nitrogens is 1. The highest BCUT2D eigenvalue weighted by molar-refractivity contribution is 5.78. The minimum atomic E-state index is -0.0346. The van der Waals surface area contributed by atoms with Gasteiger partial charge in [0.25, 0.3) is 0 Å². The molecule has 0 saturated carbocycles. The molecular formula is C54H68Cl2N6O6. The molecule has 0 spiro atoms. The molecule has 14 heteroatoms. The molecule has 4 heterocycles. The van der Waals surface area contributed by atoms with Crippen LogP contribution in [0.4, 0.5) is 0 Å². The molecule has 2 amide bonds. The number of aromatic amines is 1. The Morgan fingerprint density at radius 3 is 1.66 bits per heavy atom. The molecule has 2 fully saturated rings. The van der Waals surface area contributed by atoms with E-state index in [9.17, 15) is 9.59 Å². The third-order valence-corrected chi connectivity index (χ3v) is 11.1. The number of halogens is 2. The molecule has 8 rings (SSSR count). The summed E-state index contributed by atoms with van der Waals surface area (Å²) in [6, 6.07) is 43.9. The smallest absolute Gasteiger partial charge is 0.230 e. The Morgan fingerprint density at radius 1 is 0.603 bits per heavy atom. The molecule has 0 radical (unpaired) electrons. The summed E-state index contributed by atoms with van der Waals surface area (Å²) >= 11 is 0. The fraction of sp³-hybridized carbons (Fsp3) is 0.333. The van der Waals surface area contributed by atoms with Crippen molar-refractivity contribution >= 4 is 11.8 Å². The molecular weight excluding hydrogens is 900 g/mol. The van der Waals surface area contributed by atoms with Gasteiger partial charge in [-0.1, -0.05) is 106 Å².